The molecule has 0 bridgehead atoms. The van der Waals surface area contributed by atoms with Crippen LogP contribution in [0.1, 0.15) is 36.8 Å². The molecule has 184 valence electrons. The number of aliphatic carboxylic acids is 1. The zero-order valence-corrected chi connectivity index (χ0v) is 20.0. The van der Waals surface area contributed by atoms with Crippen LogP contribution in [0.4, 0.5) is 0 Å². The highest BCUT2D eigenvalue weighted by Crippen LogP contribution is 2.20. The van der Waals surface area contributed by atoms with Crippen molar-refractivity contribution in [2.75, 3.05) is 13.2 Å². The summed E-state index contributed by atoms with van der Waals surface area (Å²) in [4.78, 5) is 14.9. The van der Waals surface area contributed by atoms with Gasteiger partial charge in [0, 0.05) is 42.1 Å². The number of hydrogen-bond donors (Lipinski definition) is 3. The Morgan fingerprint density at radius 3 is 2.74 bits per heavy atom. The highest BCUT2D eigenvalue weighted by Gasteiger charge is 2.26. The maximum atomic E-state index is 12.9. The monoisotopic (exact) mass is 496 g/mol. The summed E-state index contributed by atoms with van der Waals surface area (Å²) in [5.41, 5.74) is 2.24. The van der Waals surface area contributed by atoms with E-state index in [1.54, 1.807) is 18.3 Å². The van der Waals surface area contributed by atoms with Gasteiger partial charge in [-0.05, 0) is 55.2 Å². The van der Waals surface area contributed by atoms with Crippen molar-refractivity contribution in [3.63, 3.8) is 0 Å². The first kappa shape index (κ1) is 24.9. The molecule has 3 N–H and O–H groups in total. The summed E-state index contributed by atoms with van der Waals surface area (Å²) in [7, 11) is -4.04. The van der Waals surface area contributed by atoms with E-state index in [1.165, 1.54) is 12.1 Å². The van der Waals surface area contributed by atoms with Crippen molar-refractivity contribution >= 4 is 26.9 Å². The topological polar surface area (TPSA) is 118 Å². The van der Waals surface area contributed by atoms with E-state index in [1.807, 2.05) is 24.3 Å². The molecule has 1 saturated heterocycles. The van der Waals surface area contributed by atoms with E-state index in [0.717, 1.165) is 42.3 Å². The fraction of sp³-hybridized carbons (Fsp3) is 0.346. The van der Waals surface area contributed by atoms with E-state index in [9.17, 15) is 18.3 Å². The van der Waals surface area contributed by atoms with Gasteiger partial charge in [-0.2, -0.15) is 4.72 Å². The van der Waals surface area contributed by atoms with Crippen LogP contribution in [0.15, 0.2) is 59.6 Å². The average Bonchev–Trinajstić information content (AvgIpc) is 3.27. The third-order valence-corrected chi connectivity index (χ3v) is 7.25. The molecule has 1 fully saturated rings. The van der Waals surface area contributed by atoms with Crippen LogP contribution in [0.2, 0.25) is 0 Å². The van der Waals surface area contributed by atoms with Crippen LogP contribution in [0.25, 0.3) is 10.9 Å². The highest BCUT2D eigenvalue weighted by molar-refractivity contribution is 7.89. The second kappa shape index (κ2) is 11.5. The molecule has 0 radical (unpaired) electrons. The van der Waals surface area contributed by atoms with Crippen LogP contribution in [0.3, 0.4) is 0 Å². The van der Waals surface area contributed by atoms with Crippen molar-refractivity contribution in [1.82, 2.24) is 9.71 Å². The number of nitrogens with one attached hydrogen (secondary N) is 2. The van der Waals surface area contributed by atoms with E-state index < -0.39 is 22.0 Å². The smallest absolute Gasteiger partial charge is 0.322 e. The quantitative estimate of drug-likeness (QED) is 0.309. The van der Waals surface area contributed by atoms with Gasteiger partial charge >= 0.3 is 5.97 Å². The molecule has 0 amide bonds. The van der Waals surface area contributed by atoms with E-state index in [-0.39, 0.29) is 17.6 Å². The fourth-order valence-corrected chi connectivity index (χ4v) is 5.11. The van der Waals surface area contributed by atoms with Crippen LogP contribution in [0, 0.1) is 11.8 Å². The molecule has 9 heteroatoms. The standard InChI is InChI=1S/C26H28N2O6S/c29-26(30)24(17-20-18-27-23-9-2-1-8-22(20)23)28-35(31,32)21-13-11-19(12-14-21)7-3-5-15-33-25-10-4-6-16-34-25/h1-2,8-9,11-14,18,24-25,27-28H,4-6,10,15-17H2,(H,29,30)/t24-,25?/m1/s1. The normalized spacial score (nSPS) is 17.0. The molecule has 4 rings (SSSR count). The largest absolute Gasteiger partial charge is 0.480 e. The lowest BCUT2D eigenvalue weighted by Gasteiger charge is -2.22. The number of fused-ring (bicyclic) bond motifs is 1. The molecule has 0 spiro atoms. The molecule has 3 aromatic rings. The Hall–Kier alpha value is -3.16. The van der Waals surface area contributed by atoms with Crippen molar-refractivity contribution in [2.24, 2.45) is 0 Å². The third-order valence-electron chi connectivity index (χ3n) is 5.76. The van der Waals surface area contributed by atoms with Crippen LogP contribution >= 0.6 is 0 Å². The summed E-state index contributed by atoms with van der Waals surface area (Å²) in [6, 6.07) is 12.2. The van der Waals surface area contributed by atoms with Crippen LogP contribution in [0.5, 0.6) is 0 Å². The molecule has 2 heterocycles. The number of benzene rings is 2. The van der Waals surface area contributed by atoms with Gasteiger partial charge in [0.25, 0.3) is 0 Å². The third kappa shape index (κ3) is 6.71. The number of ether oxygens (including phenoxy) is 2. The van der Waals surface area contributed by atoms with Crippen LogP contribution in [-0.4, -0.2) is 50.0 Å². The van der Waals surface area contributed by atoms with Crippen molar-refractivity contribution < 1.29 is 27.8 Å². The van der Waals surface area contributed by atoms with Gasteiger partial charge < -0.3 is 19.6 Å². The Morgan fingerprint density at radius 2 is 2.00 bits per heavy atom. The molecule has 2 aromatic carbocycles. The molecular formula is C26H28N2O6S. The van der Waals surface area contributed by atoms with Crippen molar-refractivity contribution in [3.05, 3.63) is 65.9 Å². The van der Waals surface area contributed by atoms with Crippen LogP contribution < -0.4 is 4.72 Å². The van der Waals surface area contributed by atoms with Gasteiger partial charge in [0.2, 0.25) is 10.0 Å². The molecular weight excluding hydrogens is 468 g/mol. The van der Waals surface area contributed by atoms with E-state index >= 15 is 0 Å². The molecule has 1 aromatic heterocycles. The van der Waals surface area contributed by atoms with Crippen LogP contribution in [-0.2, 0) is 30.7 Å². The van der Waals surface area contributed by atoms with Crippen molar-refractivity contribution in [1.29, 1.82) is 0 Å². The first-order valence-electron chi connectivity index (χ1n) is 11.5. The number of carboxylic acid groups (broad SMARTS) is 1. The molecule has 0 aliphatic carbocycles. The molecule has 35 heavy (non-hydrogen) atoms. The zero-order valence-electron chi connectivity index (χ0n) is 19.2. The van der Waals surface area contributed by atoms with E-state index in [4.69, 9.17) is 9.47 Å². The molecule has 1 unspecified atom stereocenters. The number of carbonyl (C=O) groups is 1. The van der Waals surface area contributed by atoms with Gasteiger partial charge in [0.15, 0.2) is 6.29 Å². The maximum Gasteiger partial charge on any atom is 0.322 e. The van der Waals surface area contributed by atoms with Gasteiger partial charge in [-0.1, -0.05) is 30.0 Å². The molecule has 2 atom stereocenters. The van der Waals surface area contributed by atoms with E-state index in [2.05, 4.69) is 21.5 Å². The van der Waals surface area contributed by atoms with Crippen molar-refractivity contribution in [2.45, 2.75) is 49.3 Å². The number of sulfonamides is 1. The first-order valence-corrected chi connectivity index (χ1v) is 13.0. The summed E-state index contributed by atoms with van der Waals surface area (Å²) in [5, 5.41) is 10.5. The number of hydrogen-bond acceptors (Lipinski definition) is 5. The minimum absolute atomic E-state index is 0.0100. The summed E-state index contributed by atoms with van der Waals surface area (Å²) >= 11 is 0. The Kier molecular flexibility index (Phi) is 8.21. The Morgan fingerprint density at radius 1 is 1.20 bits per heavy atom. The average molecular weight is 497 g/mol. The lowest BCUT2D eigenvalue weighted by atomic mass is 10.1. The number of H-pyrrole nitrogens is 1. The van der Waals surface area contributed by atoms with Gasteiger partial charge in [-0.15, -0.1) is 0 Å². The summed E-state index contributed by atoms with van der Waals surface area (Å²) in [6.45, 7) is 1.21. The first-order chi connectivity index (χ1) is 16.9. The molecule has 1 aliphatic heterocycles. The summed E-state index contributed by atoms with van der Waals surface area (Å²) in [6.07, 6.45) is 5.19. The summed E-state index contributed by atoms with van der Waals surface area (Å²) < 4.78 is 39.2. The second-order valence-corrected chi connectivity index (χ2v) is 10.0. The highest BCUT2D eigenvalue weighted by atomic mass is 32.2. The fourth-order valence-electron chi connectivity index (χ4n) is 3.92. The number of aromatic amines is 1. The lowest BCUT2D eigenvalue weighted by molar-refractivity contribution is -0.161. The zero-order chi connectivity index (χ0) is 24.7. The lowest BCUT2D eigenvalue weighted by Crippen LogP contribution is -2.42. The Labute approximate surface area is 204 Å². The van der Waals surface area contributed by atoms with Crippen molar-refractivity contribution in [3.8, 4) is 11.8 Å². The second-order valence-electron chi connectivity index (χ2n) is 8.32. The Bertz CT molecular complexity index is 1320. The predicted octanol–water partition coefficient (Wildman–Crippen LogP) is 3.43. The van der Waals surface area contributed by atoms with Gasteiger partial charge in [-0.25, -0.2) is 8.42 Å². The summed E-state index contributed by atoms with van der Waals surface area (Å²) in [5.74, 6) is 4.74. The number of rotatable bonds is 9. The minimum Gasteiger partial charge on any atom is -0.480 e. The number of aromatic nitrogens is 1. The number of para-hydroxylation sites is 1. The van der Waals surface area contributed by atoms with Gasteiger partial charge in [-0.3, -0.25) is 4.79 Å². The SMILES string of the molecule is O=C(O)[C@@H](Cc1c[nH]c2ccccc12)NS(=O)(=O)c1ccc(C#CCCOC2CCCCO2)cc1. The number of carboxylic acids is 1. The van der Waals surface area contributed by atoms with Gasteiger partial charge in [0.05, 0.1) is 11.5 Å². The molecule has 0 saturated carbocycles. The molecule has 8 nitrogen and oxygen atoms in total. The molecule has 1 aliphatic rings. The Balaban J connectivity index is 1.35. The maximum absolute atomic E-state index is 12.9. The predicted molar refractivity (Wildman–Crippen MR) is 131 cm³/mol. The minimum atomic E-state index is -4.04. The van der Waals surface area contributed by atoms with E-state index in [0.29, 0.717) is 18.6 Å². The van der Waals surface area contributed by atoms with Gasteiger partial charge in [0.1, 0.15) is 6.04 Å².